The fraction of sp³-hybridized carbons (Fsp3) is 0.444. The maximum atomic E-state index is 14.3. The summed E-state index contributed by atoms with van der Waals surface area (Å²) in [5.74, 6) is -1.46. The quantitative estimate of drug-likeness (QED) is 0.589. The Bertz CT molecular complexity index is 1230. The molecule has 2 aromatic rings. The van der Waals surface area contributed by atoms with Crippen LogP contribution in [0.5, 0.6) is 0 Å². The summed E-state index contributed by atoms with van der Waals surface area (Å²) in [4.78, 5) is 13.7. The van der Waals surface area contributed by atoms with Crippen LogP contribution in [0.15, 0.2) is 58.6 Å². The van der Waals surface area contributed by atoms with E-state index < -0.39 is 32.4 Å². The van der Waals surface area contributed by atoms with Gasteiger partial charge in [-0.15, -0.1) is 0 Å². The second kappa shape index (κ2) is 9.17. The van der Waals surface area contributed by atoms with Crippen molar-refractivity contribution in [2.24, 2.45) is 0 Å². The number of hydrogen-bond donors (Lipinski definition) is 1. The molecule has 34 heavy (non-hydrogen) atoms. The van der Waals surface area contributed by atoms with E-state index in [4.69, 9.17) is 0 Å². The molecule has 1 saturated carbocycles. The first-order valence-corrected chi connectivity index (χ1v) is 13.5. The first-order valence-electron chi connectivity index (χ1n) is 12.0. The lowest BCUT2D eigenvalue weighted by atomic mass is 9.77. The van der Waals surface area contributed by atoms with E-state index >= 15 is 0 Å². The van der Waals surface area contributed by atoms with Crippen LogP contribution in [-0.4, -0.2) is 37.0 Å². The summed E-state index contributed by atoms with van der Waals surface area (Å²) in [5, 5.41) is 9.67. The third-order valence-electron chi connectivity index (χ3n) is 7.37. The maximum Gasteiger partial charge on any atom is 0.323 e. The molecule has 1 saturated heterocycles. The number of carboxylic acids is 1. The number of hydrogen-bond acceptors (Lipinski definition) is 4. The number of aryl methyl sites for hydroxylation is 2. The number of carboxylic acid groups (broad SMARTS) is 1. The van der Waals surface area contributed by atoms with Gasteiger partial charge in [0, 0.05) is 12.1 Å². The Morgan fingerprint density at radius 2 is 1.79 bits per heavy atom. The summed E-state index contributed by atoms with van der Waals surface area (Å²) < 4.78 is 41.0. The fourth-order valence-electron chi connectivity index (χ4n) is 5.77. The average molecular weight is 486 g/mol. The van der Waals surface area contributed by atoms with E-state index in [-0.39, 0.29) is 17.9 Å². The summed E-state index contributed by atoms with van der Waals surface area (Å²) >= 11 is 0. The van der Waals surface area contributed by atoms with E-state index in [1.165, 1.54) is 29.8 Å². The van der Waals surface area contributed by atoms with Crippen molar-refractivity contribution in [3.63, 3.8) is 0 Å². The third kappa shape index (κ3) is 3.74. The van der Waals surface area contributed by atoms with Gasteiger partial charge in [0.05, 0.1) is 10.9 Å². The first-order chi connectivity index (χ1) is 16.2. The van der Waals surface area contributed by atoms with Gasteiger partial charge in [0.25, 0.3) is 0 Å². The van der Waals surface area contributed by atoms with Gasteiger partial charge in [-0.3, -0.25) is 4.79 Å². The Hall–Kier alpha value is -2.67. The zero-order valence-corrected chi connectivity index (χ0v) is 20.8. The molecular formula is C27H32FNO4S. The Labute approximate surface area is 201 Å². The minimum Gasteiger partial charge on any atom is -0.480 e. The second-order valence-corrected chi connectivity index (χ2v) is 11.4. The topological polar surface area (TPSA) is 74.7 Å². The minimum absolute atomic E-state index is 0.0764. The number of likely N-dealkylation sites (tertiary alicyclic amines) is 1. The van der Waals surface area contributed by atoms with Gasteiger partial charge in [-0.2, -0.15) is 0 Å². The summed E-state index contributed by atoms with van der Waals surface area (Å²) in [6.07, 6.45) is 4.31. The van der Waals surface area contributed by atoms with Crippen LogP contribution < -0.4 is 0 Å². The largest absolute Gasteiger partial charge is 0.480 e. The molecule has 182 valence electrons. The Balaban J connectivity index is 0.00000133. The third-order valence-corrected chi connectivity index (χ3v) is 9.86. The number of sulfone groups is 1. The molecule has 1 N–H and O–H groups in total. The lowest BCUT2D eigenvalue weighted by molar-refractivity contribution is -0.138. The molecular weight excluding hydrogens is 453 g/mol. The first kappa shape index (κ1) is 24.5. The summed E-state index contributed by atoms with van der Waals surface area (Å²) in [6, 6.07) is 10.4. The number of benzene rings is 2. The van der Waals surface area contributed by atoms with Gasteiger partial charge in [-0.25, -0.2) is 12.8 Å². The molecule has 0 spiro atoms. The number of fused-ring (bicyclic) bond motifs is 3. The van der Waals surface area contributed by atoms with Crippen LogP contribution in [0.25, 0.3) is 0 Å². The second-order valence-electron chi connectivity index (χ2n) is 9.16. The standard InChI is InChI=1S/C25H26FNO4S.C2H6/c1-16-5-11-21-18(13-16)6-12-23-25(21,32(30,31)20-9-7-19(26)8-10-20)14-22(17-3-2-4-17)27(23)15-24(28)29;1-2/h5,7-11,13,23H,2-4,6,12,14-15H2,1H3,(H,28,29);1-2H3. The van der Waals surface area contributed by atoms with Gasteiger partial charge in [-0.1, -0.05) is 43.2 Å². The van der Waals surface area contributed by atoms with Crippen LogP contribution >= 0.6 is 0 Å². The Morgan fingerprint density at radius 3 is 2.38 bits per heavy atom. The predicted molar refractivity (Wildman–Crippen MR) is 130 cm³/mol. The van der Waals surface area contributed by atoms with Crippen molar-refractivity contribution in [1.29, 1.82) is 0 Å². The SMILES string of the molecule is CC.Cc1ccc2c(c1)CCC1N(CC(=O)O)C(=C3CCC3)CC21S(=O)(=O)c1ccc(F)cc1. The average Bonchev–Trinajstić information content (AvgIpc) is 3.09. The van der Waals surface area contributed by atoms with Crippen LogP contribution in [0.1, 0.15) is 62.6 Å². The van der Waals surface area contributed by atoms with Gasteiger partial charge in [-0.05, 0) is 74.4 Å². The van der Waals surface area contributed by atoms with Crippen LogP contribution in [0.2, 0.25) is 0 Å². The summed E-state index contributed by atoms with van der Waals surface area (Å²) in [7, 11) is -3.96. The zero-order valence-electron chi connectivity index (χ0n) is 20.0. The molecule has 2 atom stereocenters. The van der Waals surface area contributed by atoms with Gasteiger partial charge in [0.1, 0.15) is 17.1 Å². The van der Waals surface area contributed by atoms with E-state index in [9.17, 15) is 22.7 Å². The molecule has 0 radical (unpaired) electrons. The van der Waals surface area contributed by atoms with Crippen molar-refractivity contribution < 1.29 is 22.7 Å². The number of allylic oxidation sites excluding steroid dienone is 2. The molecule has 5 rings (SSSR count). The molecule has 1 heterocycles. The number of carbonyl (C=O) groups is 1. The molecule has 2 aliphatic carbocycles. The Morgan fingerprint density at radius 1 is 1.12 bits per heavy atom. The highest BCUT2D eigenvalue weighted by Gasteiger charge is 2.62. The zero-order chi connectivity index (χ0) is 24.7. The Kier molecular flexibility index (Phi) is 6.60. The van der Waals surface area contributed by atoms with Crippen LogP contribution in [0, 0.1) is 12.7 Å². The van der Waals surface area contributed by atoms with E-state index in [1.807, 2.05) is 43.9 Å². The molecule has 2 unspecified atom stereocenters. The molecule has 1 aliphatic heterocycles. The molecule has 7 heteroatoms. The number of nitrogens with zero attached hydrogens (tertiary/aromatic N) is 1. The molecule has 5 nitrogen and oxygen atoms in total. The molecule has 0 bridgehead atoms. The number of halogens is 1. The molecule has 2 aromatic carbocycles. The fourth-order valence-corrected chi connectivity index (χ4v) is 8.10. The van der Waals surface area contributed by atoms with Crippen molar-refractivity contribution in [1.82, 2.24) is 4.90 Å². The van der Waals surface area contributed by atoms with Crippen LogP contribution in [0.3, 0.4) is 0 Å². The highest BCUT2D eigenvalue weighted by atomic mass is 32.2. The van der Waals surface area contributed by atoms with E-state index in [1.54, 1.807) is 0 Å². The minimum atomic E-state index is -3.96. The van der Waals surface area contributed by atoms with E-state index in [2.05, 4.69) is 0 Å². The van der Waals surface area contributed by atoms with Gasteiger partial charge < -0.3 is 10.0 Å². The molecule has 2 fully saturated rings. The van der Waals surface area contributed by atoms with Crippen LogP contribution in [0.4, 0.5) is 4.39 Å². The van der Waals surface area contributed by atoms with E-state index in [0.717, 1.165) is 41.6 Å². The highest BCUT2D eigenvalue weighted by molar-refractivity contribution is 7.92. The molecule has 3 aliphatic rings. The van der Waals surface area contributed by atoms with Crippen molar-refractivity contribution in [2.75, 3.05) is 6.54 Å². The predicted octanol–water partition coefficient (Wildman–Crippen LogP) is 5.37. The highest BCUT2D eigenvalue weighted by Crippen LogP contribution is 2.57. The van der Waals surface area contributed by atoms with Gasteiger partial charge in [0.15, 0.2) is 9.84 Å². The van der Waals surface area contributed by atoms with Crippen LogP contribution in [-0.2, 0) is 25.8 Å². The number of rotatable bonds is 4. The normalized spacial score (nSPS) is 23.4. The summed E-state index contributed by atoms with van der Waals surface area (Å²) in [6.45, 7) is 5.77. The van der Waals surface area contributed by atoms with E-state index in [0.29, 0.717) is 12.8 Å². The van der Waals surface area contributed by atoms with Gasteiger partial charge >= 0.3 is 5.97 Å². The van der Waals surface area contributed by atoms with Crippen molar-refractivity contribution in [2.45, 2.75) is 75.0 Å². The van der Waals surface area contributed by atoms with Crippen molar-refractivity contribution in [3.05, 3.63) is 76.2 Å². The smallest absolute Gasteiger partial charge is 0.323 e. The molecule has 0 aromatic heterocycles. The van der Waals surface area contributed by atoms with Crippen molar-refractivity contribution in [3.8, 4) is 0 Å². The maximum absolute atomic E-state index is 14.3. The lowest BCUT2D eigenvalue weighted by Crippen LogP contribution is -2.51. The van der Waals surface area contributed by atoms with Gasteiger partial charge in [0.2, 0.25) is 0 Å². The summed E-state index contributed by atoms with van der Waals surface area (Å²) in [5.41, 5.74) is 4.87. The monoisotopic (exact) mass is 485 g/mol. The number of aliphatic carboxylic acids is 1. The lowest BCUT2D eigenvalue weighted by Gasteiger charge is -2.42. The van der Waals surface area contributed by atoms with Crippen molar-refractivity contribution >= 4 is 15.8 Å². The molecule has 0 amide bonds.